The number of hydrogen-bond acceptors (Lipinski definition) is 4. The van der Waals surface area contributed by atoms with Gasteiger partial charge >= 0.3 is 6.18 Å². The van der Waals surface area contributed by atoms with Crippen LogP contribution in [0.3, 0.4) is 0 Å². The van der Waals surface area contributed by atoms with Crippen LogP contribution >= 0.6 is 23.2 Å². The predicted octanol–water partition coefficient (Wildman–Crippen LogP) is 4.20. The molecule has 0 radical (unpaired) electrons. The summed E-state index contributed by atoms with van der Waals surface area (Å²) in [6.07, 6.45) is -3.82. The summed E-state index contributed by atoms with van der Waals surface area (Å²) in [5.74, 6) is -0.712. The fraction of sp³-hybridized carbons (Fsp3) is 0.444. The molecule has 2 heterocycles. The fourth-order valence-electron chi connectivity index (χ4n) is 3.31. The van der Waals surface area contributed by atoms with E-state index >= 15 is 0 Å². The number of alkyl halides is 3. The van der Waals surface area contributed by atoms with Crippen molar-refractivity contribution in [3.05, 3.63) is 51.3 Å². The summed E-state index contributed by atoms with van der Waals surface area (Å²) in [4.78, 5) is 14.2. The summed E-state index contributed by atoms with van der Waals surface area (Å²) in [7, 11) is -3.09. The first-order chi connectivity index (χ1) is 14.0. The van der Waals surface area contributed by atoms with Gasteiger partial charge in [0, 0.05) is 34.8 Å². The van der Waals surface area contributed by atoms with E-state index in [1.54, 1.807) is 18.2 Å². The van der Waals surface area contributed by atoms with E-state index in [0.29, 0.717) is 34.5 Å². The number of carbonyl (C=O) groups is 1. The minimum Gasteiger partial charge on any atom is -0.333 e. The lowest BCUT2D eigenvalue weighted by Crippen LogP contribution is -2.33. The van der Waals surface area contributed by atoms with Gasteiger partial charge in [0.2, 0.25) is 0 Å². The van der Waals surface area contributed by atoms with Gasteiger partial charge in [-0.15, -0.1) is 0 Å². The van der Waals surface area contributed by atoms with Crippen LogP contribution in [0.15, 0.2) is 24.3 Å². The Labute approximate surface area is 181 Å². The quantitative estimate of drug-likeness (QED) is 0.667. The molecule has 6 nitrogen and oxygen atoms in total. The van der Waals surface area contributed by atoms with Crippen molar-refractivity contribution in [2.24, 2.45) is 5.92 Å². The number of nitrogens with zero attached hydrogens (tertiary/aromatic N) is 2. The zero-order valence-electron chi connectivity index (χ0n) is 15.5. The molecular formula is C18H18Cl2F3N3O3S. The standard InChI is InChI=1S/C18H18Cl2F3N3O3S/c19-13-2-1-3-14(20)12(13)9-26(6-4-11-5-7-30(28,29)10-11)17(27)15-8-16(25-24-15)18(21,22)23/h1-3,8,11H,4-7,9-10H2,(H,24,25). The Morgan fingerprint density at radius 2 is 1.93 bits per heavy atom. The molecule has 1 fully saturated rings. The molecule has 1 aliphatic rings. The van der Waals surface area contributed by atoms with Crippen LogP contribution in [0.1, 0.15) is 34.6 Å². The molecule has 1 saturated heterocycles. The van der Waals surface area contributed by atoms with Crippen LogP contribution in [0.5, 0.6) is 0 Å². The third kappa shape index (κ3) is 5.47. The molecule has 0 bridgehead atoms. The van der Waals surface area contributed by atoms with Crippen molar-refractivity contribution in [1.29, 1.82) is 0 Å². The lowest BCUT2D eigenvalue weighted by Gasteiger charge is -2.24. The number of aromatic nitrogens is 2. The number of sulfone groups is 1. The monoisotopic (exact) mass is 483 g/mol. The lowest BCUT2D eigenvalue weighted by molar-refractivity contribution is -0.141. The first kappa shape index (κ1) is 22.9. The van der Waals surface area contributed by atoms with Crippen LogP contribution in [0.25, 0.3) is 0 Å². The normalized spacial score (nSPS) is 18.5. The van der Waals surface area contributed by atoms with Gasteiger partial charge in [-0.2, -0.15) is 18.3 Å². The summed E-state index contributed by atoms with van der Waals surface area (Å²) >= 11 is 12.4. The summed E-state index contributed by atoms with van der Waals surface area (Å²) in [5.41, 5.74) is -1.09. The molecule has 3 rings (SSSR count). The topological polar surface area (TPSA) is 83.1 Å². The van der Waals surface area contributed by atoms with Gasteiger partial charge in [-0.1, -0.05) is 29.3 Å². The van der Waals surface area contributed by atoms with Crippen LogP contribution in [0.2, 0.25) is 10.0 Å². The third-order valence-corrected chi connectivity index (χ3v) is 7.48. The molecule has 1 amide bonds. The number of H-pyrrole nitrogens is 1. The molecule has 1 aromatic carbocycles. The molecule has 2 aromatic rings. The lowest BCUT2D eigenvalue weighted by atomic mass is 10.0. The Balaban J connectivity index is 1.83. The van der Waals surface area contributed by atoms with Gasteiger partial charge in [0.25, 0.3) is 5.91 Å². The smallest absolute Gasteiger partial charge is 0.333 e. The summed E-state index contributed by atoms with van der Waals surface area (Å²) in [6, 6.07) is 5.46. The molecule has 12 heteroatoms. The van der Waals surface area contributed by atoms with Gasteiger partial charge in [-0.05, 0) is 30.9 Å². The molecule has 0 spiro atoms. The minimum absolute atomic E-state index is 0.0319. The maximum absolute atomic E-state index is 12.9. The molecule has 30 heavy (non-hydrogen) atoms. The van der Waals surface area contributed by atoms with Gasteiger partial charge in [-0.25, -0.2) is 8.42 Å². The summed E-state index contributed by atoms with van der Waals surface area (Å²) in [5, 5.41) is 5.91. The summed E-state index contributed by atoms with van der Waals surface area (Å²) < 4.78 is 61.9. The van der Waals surface area contributed by atoms with Crippen LogP contribution in [-0.4, -0.2) is 47.5 Å². The Morgan fingerprint density at radius 3 is 2.47 bits per heavy atom. The highest BCUT2D eigenvalue weighted by molar-refractivity contribution is 7.91. The molecule has 164 valence electrons. The van der Waals surface area contributed by atoms with E-state index < -0.39 is 27.6 Å². The number of rotatable bonds is 6. The van der Waals surface area contributed by atoms with Gasteiger partial charge in [0.15, 0.2) is 15.5 Å². The number of halogens is 5. The van der Waals surface area contributed by atoms with E-state index in [4.69, 9.17) is 23.2 Å². The fourth-order valence-corrected chi connectivity index (χ4v) is 5.74. The number of aromatic amines is 1. The van der Waals surface area contributed by atoms with Crippen molar-refractivity contribution >= 4 is 38.9 Å². The number of carbonyl (C=O) groups excluding carboxylic acids is 1. The maximum Gasteiger partial charge on any atom is 0.435 e. The SMILES string of the molecule is O=C(c1cc(C(F)(F)F)n[nH]1)N(CCC1CCS(=O)(=O)C1)Cc1c(Cl)cccc1Cl. The highest BCUT2D eigenvalue weighted by Gasteiger charge is 2.35. The number of nitrogens with one attached hydrogen (secondary N) is 1. The molecule has 1 atom stereocenters. The first-order valence-electron chi connectivity index (χ1n) is 9.01. The average Bonchev–Trinajstić information content (AvgIpc) is 3.27. The first-order valence-corrected chi connectivity index (χ1v) is 11.6. The molecule has 0 saturated carbocycles. The van der Waals surface area contributed by atoms with E-state index in [1.165, 1.54) is 4.90 Å². The van der Waals surface area contributed by atoms with Gasteiger partial charge < -0.3 is 4.90 Å². The molecule has 1 unspecified atom stereocenters. The molecule has 1 aromatic heterocycles. The Bertz CT molecular complexity index is 1020. The van der Waals surface area contributed by atoms with Crippen LogP contribution in [0, 0.1) is 5.92 Å². The Kier molecular flexibility index (Phi) is 6.69. The van der Waals surface area contributed by atoms with E-state index in [0.717, 1.165) is 0 Å². The molecular weight excluding hydrogens is 466 g/mol. The average molecular weight is 484 g/mol. The van der Waals surface area contributed by atoms with E-state index in [1.807, 2.05) is 0 Å². The van der Waals surface area contributed by atoms with Crippen molar-refractivity contribution < 1.29 is 26.4 Å². The predicted molar refractivity (Wildman–Crippen MR) is 106 cm³/mol. The van der Waals surface area contributed by atoms with E-state index in [9.17, 15) is 26.4 Å². The minimum atomic E-state index is -4.69. The second-order valence-electron chi connectivity index (χ2n) is 7.15. The second-order valence-corrected chi connectivity index (χ2v) is 10.2. The van der Waals surface area contributed by atoms with Crippen molar-refractivity contribution in [2.75, 3.05) is 18.1 Å². The molecule has 1 aliphatic heterocycles. The number of benzene rings is 1. The van der Waals surface area contributed by atoms with E-state index in [-0.39, 0.29) is 36.2 Å². The zero-order valence-corrected chi connectivity index (χ0v) is 17.9. The molecule has 0 aliphatic carbocycles. The highest BCUT2D eigenvalue weighted by Crippen LogP contribution is 2.30. The Hall–Kier alpha value is -1.78. The van der Waals surface area contributed by atoms with Gasteiger partial charge in [-0.3, -0.25) is 9.89 Å². The van der Waals surface area contributed by atoms with Crippen LogP contribution in [-0.2, 0) is 22.6 Å². The number of hydrogen-bond donors (Lipinski definition) is 1. The van der Waals surface area contributed by atoms with Crippen LogP contribution < -0.4 is 0 Å². The number of amides is 1. The third-order valence-electron chi connectivity index (χ3n) is 4.93. The molecule has 1 N–H and O–H groups in total. The largest absolute Gasteiger partial charge is 0.435 e. The van der Waals surface area contributed by atoms with Crippen molar-refractivity contribution in [1.82, 2.24) is 15.1 Å². The maximum atomic E-state index is 12.9. The second kappa shape index (κ2) is 8.76. The van der Waals surface area contributed by atoms with Gasteiger partial charge in [0.05, 0.1) is 11.5 Å². The van der Waals surface area contributed by atoms with Gasteiger partial charge in [0.1, 0.15) is 5.69 Å². The zero-order chi connectivity index (χ0) is 22.1. The van der Waals surface area contributed by atoms with Crippen molar-refractivity contribution in [3.63, 3.8) is 0 Å². The van der Waals surface area contributed by atoms with Crippen molar-refractivity contribution in [2.45, 2.75) is 25.6 Å². The summed E-state index contributed by atoms with van der Waals surface area (Å²) in [6.45, 7) is 0.0815. The highest BCUT2D eigenvalue weighted by atomic mass is 35.5. The Morgan fingerprint density at radius 1 is 1.27 bits per heavy atom. The van der Waals surface area contributed by atoms with E-state index in [2.05, 4.69) is 10.2 Å². The van der Waals surface area contributed by atoms with Crippen molar-refractivity contribution in [3.8, 4) is 0 Å². The van der Waals surface area contributed by atoms with Crippen LogP contribution in [0.4, 0.5) is 13.2 Å².